The Morgan fingerprint density at radius 3 is 2.62 bits per heavy atom. The van der Waals surface area contributed by atoms with Gasteiger partial charge in [0.1, 0.15) is 0 Å². The zero-order valence-corrected chi connectivity index (χ0v) is 8.20. The molecule has 0 aliphatic carbocycles. The highest BCUT2D eigenvalue weighted by atomic mass is 32.2. The van der Waals surface area contributed by atoms with Crippen LogP contribution in [0.25, 0.3) is 0 Å². The normalized spacial score (nSPS) is 23.6. The van der Waals surface area contributed by atoms with Crippen molar-refractivity contribution >= 4 is 16.0 Å². The number of ether oxygens (including phenoxy) is 1. The Morgan fingerprint density at radius 2 is 2.23 bits per heavy atom. The monoisotopic (exact) mass is 209 g/mol. The maximum atomic E-state index is 11.5. The molecule has 0 saturated carbocycles. The van der Waals surface area contributed by atoms with Gasteiger partial charge in [-0.25, -0.2) is 8.42 Å². The van der Waals surface area contributed by atoms with Crippen LogP contribution < -0.4 is 0 Å². The minimum Gasteiger partial charge on any atom is -0.465 e. The van der Waals surface area contributed by atoms with E-state index in [1.165, 1.54) is 14.2 Å². The number of sulfonamides is 1. The maximum Gasteiger partial charge on any atom is 0.325 e. The molecule has 1 unspecified atom stereocenters. The second-order valence-corrected chi connectivity index (χ2v) is 4.70. The first-order valence-corrected chi connectivity index (χ1v) is 5.19. The highest BCUT2D eigenvalue weighted by Crippen LogP contribution is 2.18. The van der Waals surface area contributed by atoms with Gasteiger partial charge in [0.25, 0.3) is 0 Å². The second-order valence-electron chi connectivity index (χ2n) is 2.58. The molecule has 1 heterocycles. The first-order valence-electron chi connectivity index (χ1n) is 3.68. The lowest BCUT2D eigenvalue weighted by atomic mass is 10.4. The number of esters is 1. The average molecular weight is 209 g/mol. The summed E-state index contributed by atoms with van der Waals surface area (Å²) in [5.74, 6) is -0.705. The molecule has 1 rings (SSSR count). The zero-order chi connectivity index (χ0) is 10.1. The van der Waals surface area contributed by atoms with Gasteiger partial charge in [-0.1, -0.05) is 4.47 Å². The van der Waals surface area contributed by atoms with Gasteiger partial charge in [-0.05, 0) is 0 Å². The molecule has 13 heavy (non-hydrogen) atoms. The van der Waals surface area contributed by atoms with Crippen molar-refractivity contribution in [1.29, 1.82) is 0 Å². The molecule has 0 aromatic rings. The minimum absolute atomic E-state index is 0.153. The lowest BCUT2D eigenvalue weighted by molar-refractivity contribution is -0.137. The van der Waals surface area contributed by atoms with Gasteiger partial charge < -0.3 is 4.74 Å². The third-order valence-electron chi connectivity index (χ3n) is 1.86. The Labute approximate surface area is 76.4 Å². The largest absolute Gasteiger partial charge is 0.465 e. The van der Waals surface area contributed by atoms with Crippen LogP contribution in [0, 0.1) is 0 Å². The number of rotatable bonds is 3. The molecule has 0 aromatic heterocycles. The minimum atomic E-state index is -3.70. The van der Waals surface area contributed by atoms with Gasteiger partial charge in [0.15, 0.2) is 5.25 Å². The fourth-order valence-corrected chi connectivity index (χ4v) is 2.30. The van der Waals surface area contributed by atoms with Crippen molar-refractivity contribution in [2.24, 2.45) is 0 Å². The van der Waals surface area contributed by atoms with Crippen molar-refractivity contribution in [2.75, 3.05) is 20.8 Å². The first kappa shape index (κ1) is 10.4. The molecule has 7 heteroatoms. The first-order chi connectivity index (χ1) is 6.00. The van der Waals surface area contributed by atoms with E-state index >= 15 is 0 Å². The lowest BCUT2D eigenvalue weighted by Crippen LogP contribution is -2.37. The van der Waals surface area contributed by atoms with Crippen LogP contribution in [0.3, 0.4) is 0 Å². The van der Waals surface area contributed by atoms with Gasteiger partial charge in [-0.15, -0.1) is 0 Å². The van der Waals surface area contributed by atoms with E-state index in [-0.39, 0.29) is 13.0 Å². The maximum absolute atomic E-state index is 11.5. The molecular formula is C6H11NO5S. The Hall–Kier alpha value is -0.660. The standard InChI is InChI=1S/C6H11NO5S/c1-7(11-2)13(9,10)5-3-4-12-6(5)8/h5H,3-4H2,1-2H3. The highest BCUT2D eigenvalue weighted by molar-refractivity contribution is 7.90. The summed E-state index contributed by atoms with van der Waals surface area (Å²) in [4.78, 5) is 15.5. The van der Waals surface area contributed by atoms with Gasteiger partial charge in [0.2, 0.25) is 10.0 Å². The van der Waals surface area contributed by atoms with Crippen molar-refractivity contribution in [1.82, 2.24) is 4.47 Å². The van der Waals surface area contributed by atoms with Crippen LogP contribution in [-0.2, 0) is 24.4 Å². The van der Waals surface area contributed by atoms with Crippen molar-refractivity contribution < 1.29 is 22.8 Å². The molecule has 0 spiro atoms. The van der Waals surface area contributed by atoms with E-state index in [1.54, 1.807) is 0 Å². The number of hydroxylamine groups is 1. The molecule has 1 atom stereocenters. The number of carbonyl (C=O) groups is 1. The van der Waals surface area contributed by atoms with E-state index in [2.05, 4.69) is 9.57 Å². The van der Waals surface area contributed by atoms with Crippen LogP contribution in [0.1, 0.15) is 6.42 Å². The van der Waals surface area contributed by atoms with Crippen LogP contribution in [0.15, 0.2) is 0 Å². The molecule has 1 aliphatic rings. The predicted octanol–water partition coefficient (Wildman–Crippen LogP) is -0.875. The molecule has 0 bridgehead atoms. The van der Waals surface area contributed by atoms with Crippen LogP contribution in [0.2, 0.25) is 0 Å². The van der Waals surface area contributed by atoms with Gasteiger partial charge in [0.05, 0.1) is 13.7 Å². The number of hydrogen-bond donors (Lipinski definition) is 0. The van der Waals surface area contributed by atoms with Crippen molar-refractivity contribution in [3.63, 3.8) is 0 Å². The molecule has 76 valence electrons. The van der Waals surface area contributed by atoms with E-state index in [9.17, 15) is 13.2 Å². The third-order valence-corrected chi connectivity index (χ3v) is 3.88. The summed E-state index contributed by atoms with van der Waals surface area (Å²) in [6, 6.07) is 0. The van der Waals surface area contributed by atoms with E-state index in [4.69, 9.17) is 0 Å². The van der Waals surface area contributed by atoms with Crippen LogP contribution in [0.4, 0.5) is 0 Å². The molecule has 1 saturated heterocycles. The number of carbonyl (C=O) groups excluding carboxylic acids is 1. The summed E-state index contributed by atoms with van der Waals surface area (Å²) >= 11 is 0. The molecule has 0 aromatic carbocycles. The summed E-state index contributed by atoms with van der Waals surface area (Å²) in [7, 11) is -1.24. The molecule has 1 aliphatic heterocycles. The van der Waals surface area contributed by atoms with E-state index < -0.39 is 21.2 Å². The summed E-state index contributed by atoms with van der Waals surface area (Å²) < 4.78 is 28.2. The second kappa shape index (κ2) is 3.60. The molecule has 0 amide bonds. The fraction of sp³-hybridized carbons (Fsp3) is 0.833. The Morgan fingerprint density at radius 1 is 1.62 bits per heavy atom. The smallest absolute Gasteiger partial charge is 0.325 e. The van der Waals surface area contributed by atoms with Crippen molar-refractivity contribution in [2.45, 2.75) is 11.7 Å². The van der Waals surface area contributed by atoms with Crippen molar-refractivity contribution in [3.05, 3.63) is 0 Å². The lowest BCUT2D eigenvalue weighted by Gasteiger charge is -2.16. The van der Waals surface area contributed by atoms with Crippen LogP contribution in [-0.4, -0.2) is 44.9 Å². The number of cyclic esters (lactones) is 1. The van der Waals surface area contributed by atoms with Crippen molar-refractivity contribution in [3.8, 4) is 0 Å². The highest BCUT2D eigenvalue weighted by Gasteiger charge is 2.41. The topological polar surface area (TPSA) is 72.9 Å². The van der Waals surface area contributed by atoms with Crippen LogP contribution >= 0.6 is 0 Å². The zero-order valence-electron chi connectivity index (χ0n) is 7.39. The predicted molar refractivity (Wildman–Crippen MR) is 43.1 cm³/mol. The molecule has 6 nitrogen and oxygen atoms in total. The quantitative estimate of drug-likeness (QED) is 0.446. The van der Waals surface area contributed by atoms with E-state index in [1.807, 2.05) is 0 Å². The Bertz CT molecular complexity index is 298. The van der Waals surface area contributed by atoms with Gasteiger partial charge >= 0.3 is 5.97 Å². The summed E-state index contributed by atoms with van der Waals surface area (Å²) in [6.45, 7) is 0.153. The van der Waals surface area contributed by atoms with E-state index in [0.29, 0.717) is 4.47 Å². The summed E-state index contributed by atoms with van der Waals surface area (Å²) in [6.07, 6.45) is 0.189. The average Bonchev–Trinajstić information content (AvgIpc) is 2.50. The summed E-state index contributed by atoms with van der Waals surface area (Å²) in [5, 5.41) is -1.11. The van der Waals surface area contributed by atoms with Crippen LogP contribution in [0.5, 0.6) is 0 Å². The molecule has 1 fully saturated rings. The SMILES string of the molecule is CON(C)S(=O)(=O)C1CCOC1=O. The summed E-state index contributed by atoms with van der Waals surface area (Å²) in [5.41, 5.74) is 0. The third kappa shape index (κ3) is 1.82. The molecular weight excluding hydrogens is 198 g/mol. The van der Waals surface area contributed by atoms with Gasteiger partial charge in [-0.2, -0.15) is 0 Å². The number of nitrogens with zero attached hydrogens (tertiary/aromatic N) is 1. The Kier molecular flexibility index (Phi) is 2.89. The molecule has 0 radical (unpaired) electrons. The van der Waals surface area contributed by atoms with Gasteiger partial charge in [0, 0.05) is 13.5 Å². The van der Waals surface area contributed by atoms with E-state index in [0.717, 1.165) is 0 Å². The number of hydrogen-bond acceptors (Lipinski definition) is 5. The van der Waals surface area contributed by atoms with Gasteiger partial charge in [-0.3, -0.25) is 9.63 Å². The molecule has 0 N–H and O–H groups in total. The Balaban J connectivity index is 2.86. The fourth-order valence-electron chi connectivity index (χ4n) is 1.03.